The molecule has 24 heavy (non-hydrogen) atoms. The van der Waals surface area contributed by atoms with E-state index < -0.39 is 0 Å². The summed E-state index contributed by atoms with van der Waals surface area (Å²) in [4.78, 5) is 12.0. The van der Waals surface area contributed by atoms with E-state index in [1.54, 1.807) is 26.0 Å². The number of ether oxygens (including phenoxy) is 2. The quantitative estimate of drug-likeness (QED) is 0.722. The van der Waals surface area contributed by atoms with Crippen LogP contribution in [0.15, 0.2) is 40.9 Å². The summed E-state index contributed by atoms with van der Waals surface area (Å²) >= 11 is 4.95. The number of hydrogen-bond donors (Lipinski definition) is 1. The molecule has 2 aromatic carbocycles. The first-order chi connectivity index (χ1) is 11.5. The van der Waals surface area contributed by atoms with Crippen molar-refractivity contribution in [1.82, 2.24) is 0 Å². The molecule has 4 nitrogen and oxygen atoms in total. The fourth-order valence-corrected chi connectivity index (χ4v) is 3.48. The van der Waals surface area contributed by atoms with Crippen molar-refractivity contribution in [3.05, 3.63) is 52.0 Å². The van der Waals surface area contributed by atoms with Crippen LogP contribution in [-0.4, -0.2) is 25.9 Å². The summed E-state index contributed by atoms with van der Waals surface area (Å²) < 4.78 is 11.6. The van der Waals surface area contributed by atoms with E-state index >= 15 is 0 Å². The Hall–Kier alpha value is -1.66. The maximum Gasteiger partial charge on any atom is 0.234 e. The van der Waals surface area contributed by atoms with E-state index in [9.17, 15) is 4.79 Å². The molecule has 0 saturated carbocycles. The average Bonchev–Trinajstić information content (AvgIpc) is 2.55. The zero-order valence-corrected chi connectivity index (χ0v) is 16.3. The zero-order valence-electron chi connectivity index (χ0n) is 13.9. The van der Waals surface area contributed by atoms with E-state index in [1.165, 1.54) is 0 Å². The number of methoxy groups -OCH3 is 2. The number of anilines is 1. The van der Waals surface area contributed by atoms with Crippen molar-refractivity contribution in [3.63, 3.8) is 0 Å². The number of nitrogens with one attached hydrogen (secondary N) is 1. The topological polar surface area (TPSA) is 47.6 Å². The summed E-state index contributed by atoms with van der Waals surface area (Å²) in [5.74, 6) is 2.53. The molecule has 0 radical (unpaired) electrons. The van der Waals surface area contributed by atoms with Crippen molar-refractivity contribution in [2.75, 3.05) is 25.3 Å². The van der Waals surface area contributed by atoms with Gasteiger partial charge in [0.25, 0.3) is 0 Å². The number of carbonyl (C=O) groups is 1. The Labute approximate surface area is 155 Å². The van der Waals surface area contributed by atoms with Crippen molar-refractivity contribution in [2.24, 2.45) is 0 Å². The highest BCUT2D eigenvalue weighted by molar-refractivity contribution is 9.10. The minimum atomic E-state index is -0.0174. The Bertz CT molecular complexity index is 721. The number of halogens is 1. The molecule has 0 aromatic heterocycles. The van der Waals surface area contributed by atoms with Crippen LogP contribution in [0.5, 0.6) is 11.5 Å². The Balaban J connectivity index is 1.90. The minimum Gasteiger partial charge on any atom is -0.493 e. The summed E-state index contributed by atoms with van der Waals surface area (Å²) in [6.07, 6.45) is 0. The molecule has 2 aromatic rings. The van der Waals surface area contributed by atoms with Crippen LogP contribution in [0.1, 0.15) is 11.1 Å². The largest absolute Gasteiger partial charge is 0.493 e. The van der Waals surface area contributed by atoms with Crippen LogP contribution in [0.3, 0.4) is 0 Å². The van der Waals surface area contributed by atoms with Crippen molar-refractivity contribution in [2.45, 2.75) is 12.7 Å². The number of thioether (sulfide) groups is 1. The standard InChI is InChI=1S/C18H20BrNO3S/c1-12-7-16(22-2)17(23-3)8-13(12)10-24-11-18(21)20-15-6-4-5-14(19)9-15/h4-9H,10-11H2,1-3H3,(H,20,21). The molecule has 128 valence electrons. The lowest BCUT2D eigenvalue weighted by Crippen LogP contribution is -2.14. The van der Waals surface area contributed by atoms with Gasteiger partial charge in [0, 0.05) is 15.9 Å². The highest BCUT2D eigenvalue weighted by Crippen LogP contribution is 2.31. The van der Waals surface area contributed by atoms with Crippen LogP contribution >= 0.6 is 27.7 Å². The molecule has 0 unspecified atom stereocenters. The molecule has 0 aliphatic carbocycles. The Morgan fingerprint density at radius 3 is 2.54 bits per heavy atom. The Morgan fingerprint density at radius 1 is 1.17 bits per heavy atom. The number of rotatable bonds is 7. The van der Waals surface area contributed by atoms with Crippen LogP contribution in [0.2, 0.25) is 0 Å². The van der Waals surface area contributed by atoms with Gasteiger partial charge in [-0.25, -0.2) is 0 Å². The summed E-state index contributed by atoms with van der Waals surface area (Å²) in [6, 6.07) is 11.5. The lowest BCUT2D eigenvalue weighted by Gasteiger charge is -2.12. The van der Waals surface area contributed by atoms with Gasteiger partial charge >= 0.3 is 0 Å². The minimum absolute atomic E-state index is 0.0174. The maximum absolute atomic E-state index is 12.0. The summed E-state index contributed by atoms with van der Waals surface area (Å²) in [6.45, 7) is 2.03. The van der Waals surface area contributed by atoms with Gasteiger partial charge in [0.2, 0.25) is 5.91 Å². The molecule has 0 aliphatic heterocycles. The van der Waals surface area contributed by atoms with E-state index in [2.05, 4.69) is 21.2 Å². The molecule has 0 bridgehead atoms. The molecule has 2 rings (SSSR count). The van der Waals surface area contributed by atoms with E-state index in [4.69, 9.17) is 9.47 Å². The maximum atomic E-state index is 12.0. The van der Waals surface area contributed by atoms with Crippen LogP contribution < -0.4 is 14.8 Å². The predicted molar refractivity (Wildman–Crippen MR) is 103 cm³/mol. The van der Waals surface area contributed by atoms with E-state index in [0.717, 1.165) is 32.8 Å². The number of aryl methyl sites for hydroxylation is 1. The number of carbonyl (C=O) groups excluding carboxylic acids is 1. The van der Waals surface area contributed by atoms with Crippen molar-refractivity contribution in [1.29, 1.82) is 0 Å². The fourth-order valence-electron chi connectivity index (χ4n) is 2.20. The Kier molecular flexibility index (Phi) is 6.99. The van der Waals surface area contributed by atoms with E-state index in [-0.39, 0.29) is 5.91 Å². The van der Waals surface area contributed by atoms with Gasteiger partial charge in [0.05, 0.1) is 20.0 Å². The van der Waals surface area contributed by atoms with Crippen molar-refractivity contribution in [3.8, 4) is 11.5 Å². The molecule has 1 amide bonds. The zero-order chi connectivity index (χ0) is 17.5. The van der Waals surface area contributed by atoms with Crippen molar-refractivity contribution < 1.29 is 14.3 Å². The smallest absolute Gasteiger partial charge is 0.234 e. The monoisotopic (exact) mass is 409 g/mol. The Morgan fingerprint density at radius 2 is 1.88 bits per heavy atom. The number of benzene rings is 2. The molecule has 1 N–H and O–H groups in total. The second-order valence-electron chi connectivity index (χ2n) is 5.18. The van der Waals surface area contributed by atoms with Crippen LogP contribution in [0.25, 0.3) is 0 Å². The summed E-state index contributed by atoms with van der Waals surface area (Å²) in [5.41, 5.74) is 3.04. The fraction of sp³-hybridized carbons (Fsp3) is 0.278. The van der Waals surface area contributed by atoms with Gasteiger partial charge in [-0.1, -0.05) is 22.0 Å². The first-order valence-electron chi connectivity index (χ1n) is 7.38. The highest BCUT2D eigenvalue weighted by atomic mass is 79.9. The van der Waals surface area contributed by atoms with Gasteiger partial charge in [0.1, 0.15) is 0 Å². The second-order valence-corrected chi connectivity index (χ2v) is 7.09. The van der Waals surface area contributed by atoms with E-state index in [0.29, 0.717) is 11.5 Å². The summed E-state index contributed by atoms with van der Waals surface area (Å²) in [7, 11) is 3.24. The molecule has 0 atom stereocenters. The SMILES string of the molecule is COc1cc(C)c(CSCC(=O)Nc2cccc(Br)c2)cc1OC. The van der Waals surface area contributed by atoms with Gasteiger partial charge < -0.3 is 14.8 Å². The first-order valence-corrected chi connectivity index (χ1v) is 9.33. The van der Waals surface area contributed by atoms with Gasteiger partial charge in [-0.15, -0.1) is 11.8 Å². The van der Waals surface area contributed by atoms with E-state index in [1.807, 2.05) is 43.3 Å². The number of hydrogen-bond acceptors (Lipinski definition) is 4. The molecular weight excluding hydrogens is 390 g/mol. The molecule has 0 spiro atoms. The van der Waals surface area contributed by atoms with Gasteiger partial charge in [-0.3, -0.25) is 4.79 Å². The third-order valence-electron chi connectivity index (χ3n) is 3.44. The molecule has 6 heteroatoms. The third kappa shape index (κ3) is 5.18. The van der Waals surface area contributed by atoms with Crippen LogP contribution in [0.4, 0.5) is 5.69 Å². The summed E-state index contributed by atoms with van der Waals surface area (Å²) in [5, 5.41) is 2.89. The molecule has 0 fully saturated rings. The molecule has 0 aliphatic rings. The normalized spacial score (nSPS) is 10.3. The highest BCUT2D eigenvalue weighted by Gasteiger charge is 2.10. The lowest BCUT2D eigenvalue weighted by molar-refractivity contribution is -0.113. The lowest BCUT2D eigenvalue weighted by atomic mass is 10.1. The van der Waals surface area contributed by atoms with Gasteiger partial charge in [-0.2, -0.15) is 0 Å². The van der Waals surface area contributed by atoms with Crippen molar-refractivity contribution >= 4 is 39.3 Å². The molecule has 0 heterocycles. The average molecular weight is 410 g/mol. The first kappa shape index (κ1) is 18.7. The number of amides is 1. The third-order valence-corrected chi connectivity index (χ3v) is 4.92. The van der Waals surface area contributed by atoms with Gasteiger partial charge in [0.15, 0.2) is 11.5 Å². The molecular formula is C18H20BrNO3S. The van der Waals surface area contributed by atoms with Gasteiger partial charge in [-0.05, 0) is 48.4 Å². The second kappa shape index (κ2) is 8.99. The molecule has 0 saturated heterocycles. The van der Waals surface area contributed by atoms with Crippen LogP contribution in [-0.2, 0) is 10.5 Å². The predicted octanol–water partition coefficient (Wildman–Crippen LogP) is 4.65. The van der Waals surface area contributed by atoms with Crippen LogP contribution in [0, 0.1) is 6.92 Å².